The Kier molecular flexibility index (Phi) is 3.04. The summed E-state index contributed by atoms with van der Waals surface area (Å²) in [6.45, 7) is 0. The number of rotatable bonds is 3. The van der Waals surface area contributed by atoms with E-state index in [2.05, 4.69) is 41.7 Å². The molecular weight excluding hydrogens is 308 g/mol. The lowest BCUT2D eigenvalue weighted by atomic mass is 10.3. The van der Waals surface area contributed by atoms with Crippen LogP contribution in [-0.4, -0.2) is 26.6 Å². The molecule has 2 aromatic heterocycles. The van der Waals surface area contributed by atoms with E-state index in [-0.39, 0.29) is 0 Å². The summed E-state index contributed by atoms with van der Waals surface area (Å²) < 4.78 is 2.87. The first kappa shape index (κ1) is 11.9. The van der Waals surface area contributed by atoms with E-state index in [0.29, 0.717) is 17.4 Å². The van der Waals surface area contributed by atoms with Crippen molar-refractivity contribution in [3.8, 4) is 0 Å². The van der Waals surface area contributed by atoms with E-state index < -0.39 is 0 Å². The van der Waals surface area contributed by atoms with Crippen molar-refractivity contribution >= 4 is 39.0 Å². The van der Waals surface area contributed by atoms with E-state index >= 15 is 0 Å². The van der Waals surface area contributed by atoms with Gasteiger partial charge in [0.25, 0.3) is 0 Å². The number of hydrogen-bond acceptors (Lipinski definition) is 5. The predicted octanol–water partition coefficient (Wildman–Crippen LogP) is 2.67. The van der Waals surface area contributed by atoms with Gasteiger partial charge in [-0.25, -0.2) is 4.98 Å². The number of benzene rings is 1. The van der Waals surface area contributed by atoms with Gasteiger partial charge in [0.2, 0.25) is 11.6 Å². The quantitative estimate of drug-likeness (QED) is 0.777. The molecule has 0 aliphatic rings. The van der Waals surface area contributed by atoms with Crippen LogP contribution in [-0.2, 0) is 0 Å². The van der Waals surface area contributed by atoms with Gasteiger partial charge in [0.1, 0.15) is 0 Å². The number of fused-ring (bicyclic) bond motifs is 1. The predicted molar refractivity (Wildman–Crippen MR) is 77.8 cm³/mol. The summed E-state index contributed by atoms with van der Waals surface area (Å²) in [6, 6.07) is 7.85. The molecule has 19 heavy (non-hydrogen) atoms. The van der Waals surface area contributed by atoms with Crippen LogP contribution < -0.4 is 10.6 Å². The van der Waals surface area contributed by atoms with E-state index in [0.717, 1.165) is 10.2 Å². The van der Waals surface area contributed by atoms with Gasteiger partial charge in [-0.05, 0) is 24.3 Å². The van der Waals surface area contributed by atoms with E-state index in [1.165, 1.54) is 0 Å². The molecule has 96 valence electrons. The Bertz CT molecular complexity index is 706. The number of anilines is 3. The minimum absolute atomic E-state index is 0.666. The third-order valence-corrected chi connectivity index (χ3v) is 3.19. The molecular formula is C12H11BrN6. The molecule has 0 fully saturated rings. The second kappa shape index (κ2) is 4.85. The van der Waals surface area contributed by atoms with Crippen molar-refractivity contribution in [3.05, 3.63) is 41.1 Å². The number of nitrogens with zero attached hydrogens (tertiary/aromatic N) is 4. The molecule has 0 unspecified atom stereocenters. The largest absolute Gasteiger partial charge is 0.357 e. The van der Waals surface area contributed by atoms with E-state index in [1.54, 1.807) is 13.2 Å². The molecule has 3 rings (SSSR count). The summed E-state index contributed by atoms with van der Waals surface area (Å²) in [5.74, 6) is 1.34. The van der Waals surface area contributed by atoms with Gasteiger partial charge >= 0.3 is 0 Å². The van der Waals surface area contributed by atoms with Crippen LogP contribution in [0.25, 0.3) is 5.65 Å². The molecule has 0 radical (unpaired) electrons. The van der Waals surface area contributed by atoms with Crippen LogP contribution in [0, 0.1) is 0 Å². The lowest BCUT2D eigenvalue weighted by Gasteiger charge is -2.06. The third-order valence-electron chi connectivity index (χ3n) is 2.66. The summed E-state index contributed by atoms with van der Waals surface area (Å²) in [7, 11) is 1.80. The highest BCUT2D eigenvalue weighted by atomic mass is 79.9. The summed E-state index contributed by atoms with van der Waals surface area (Å²) in [5, 5.41) is 14.4. The zero-order valence-electron chi connectivity index (χ0n) is 10.1. The van der Waals surface area contributed by atoms with E-state index in [4.69, 9.17) is 0 Å². The monoisotopic (exact) mass is 318 g/mol. The van der Waals surface area contributed by atoms with Gasteiger partial charge < -0.3 is 10.6 Å². The maximum Gasteiger partial charge on any atom is 0.228 e. The number of hydrogen-bond donors (Lipinski definition) is 2. The summed E-state index contributed by atoms with van der Waals surface area (Å²) in [5.41, 5.74) is 1.62. The van der Waals surface area contributed by atoms with E-state index in [1.807, 2.05) is 34.9 Å². The van der Waals surface area contributed by atoms with Crippen LogP contribution in [0.4, 0.5) is 17.5 Å². The molecule has 6 nitrogen and oxygen atoms in total. The van der Waals surface area contributed by atoms with Crippen LogP contribution in [0.3, 0.4) is 0 Å². The summed E-state index contributed by atoms with van der Waals surface area (Å²) >= 11 is 3.41. The Morgan fingerprint density at radius 3 is 2.68 bits per heavy atom. The lowest BCUT2D eigenvalue weighted by molar-refractivity contribution is 1.09. The van der Waals surface area contributed by atoms with Gasteiger partial charge in [-0.1, -0.05) is 15.9 Å². The first-order chi connectivity index (χ1) is 9.28. The van der Waals surface area contributed by atoms with Crippen molar-refractivity contribution < 1.29 is 0 Å². The Hall–Kier alpha value is -2.15. The lowest BCUT2D eigenvalue weighted by Crippen LogP contribution is -1.99. The molecule has 0 saturated heterocycles. The zero-order chi connectivity index (χ0) is 13.2. The van der Waals surface area contributed by atoms with Crippen LogP contribution >= 0.6 is 15.9 Å². The average molecular weight is 319 g/mol. The fourth-order valence-corrected chi connectivity index (χ4v) is 2.02. The minimum atomic E-state index is 0.666. The Balaban J connectivity index is 2.01. The molecule has 0 aliphatic heterocycles. The van der Waals surface area contributed by atoms with Crippen molar-refractivity contribution in [1.82, 2.24) is 19.6 Å². The SMILES string of the molecule is CNc1nnc2c(Nc3ccc(Br)cc3)nccn12. The number of aromatic nitrogens is 4. The fraction of sp³-hybridized carbons (Fsp3) is 0.0833. The van der Waals surface area contributed by atoms with Crippen LogP contribution in [0.5, 0.6) is 0 Å². The van der Waals surface area contributed by atoms with Crippen molar-refractivity contribution in [3.63, 3.8) is 0 Å². The smallest absolute Gasteiger partial charge is 0.228 e. The Labute approximate surface area is 118 Å². The summed E-state index contributed by atoms with van der Waals surface area (Å²) in [6.07, 6.45) is 3.52. The first-order valence-electron chi connectivity index (χ1n) is 5.68. The van der Waals surface area contributed by atoms with Gasteiger partial charge in [0.15, 0.2) is 5.82 Å². The molecule has 2 heterocycles. The highest BCUT2D eigenvalue weighted by Gasteiger charge is 2.09. The fourth-order valence-electron chi connectivity index (χ4n) is 1.75. The standard InChI is InChI=1S/C12H11BrN6/c1-14-12-18-17-11-10(15-6-7-19(11)12)16-9-4-2-8(13)3-5-9/h2-7H,1H3,(H,14,18)(H,15,16). The van der Waals surface area contributed by atoms with Crippen LogP contribution in [0.15, 0.2) is 41.1 Å². The molecule has 2 N–H and O–H groups in total. The number of nitrogens with one attached hydrogen (secondary N) is 2. The molecule has 0 spiro atoms. The van der Waals surface area contributed by atoms with Gasteiger partial charge in [0, 0.05) is 29.6 Å². The maximum atomic E-state index is 4.30. The Morgan fingerprint density at radius 1 is 1.16 bits per heavy atom. The van der Waals surface area contributed by atoms with Crippen LogP contribution in [0.1, 0.15) is 0 Å². The maximum absolute atomic E-state index is 4.30. The second-order valence-corrected chi connectivity index (χ2v) is 4.79. The van der Waals surface area contributed by atoms with Crippen LogP contribution in [0.2, 0.25) is 0 Å². The van der Waals surface area contributed by atoms with Crippen molar-refractivity contribution in [2.24, 2.45) is 0 Å². The average Bonchev–Trinajstić information content (AvgIpc) is 2.85. The third kappa shape index (κ3) is 2.24. The normalized spacial score (nSPS) is 10.6. The summed E-state index contributed by atoms with van der Waals surface area (Å²) in [4.78, 5) is 4.30. The second-order valence-electron chi connectivity index (χ2n) is 3.87. The number of halogens is 1. The van der Waals surface area contributed by atoms with Gasteiger partial charge in [-0.3, -0.25) is 4.40 Å². The molecule has 0 saturated carbocycles. The molecule has 0 atom stereocenters. The zero-order valence-corrected chi connectivity index (χ0v) is 11.7. The molecule has 1 aromatic carbocycles. The van der Waals surface area contributed by atoms with Gasteiger partial charge in [-0.2, -0.15) is 0 Å². The van der Waals surface area contributed by atoms with Gasteiger partial charge in [0.05, 0.1) is 0 Å². The molecule has 0 bridgehead atoms. The van der Waals surface area contributed by atoms with Crippen molar-refractivity contribution in [2.45, 2.75) is 0 Å². The molecule has 0 aliphatic carbocycles. The Morgan fingerprint density at radius 2 is 1.95 bits per heavy atom. The molecule has 7 heteroatoms. The van der Waals surface area contributed by atoms with E-state index in [9.17, 15) is 0 Å². The minimum Gasteiger partial charge on any atom is -0.357 e. The molecule has 3 aromatic rings. The van der Waals surface area contributed by atoms with Gasteiger partial charge in [-0.15, -0.1) is 10.2 Å². The topological polar surface area (TPSA) is 67.1 Å². The first-order valence-corrected chi connectivity index (χ1v) is 6.47. The van der Waals surface area contributed by atoms with Crippen molar-refractivity contribution in [2.75, 3.05) is 17.7 Å². The van der Waals surface area contributed by atoms with Crippen molar-refractivity contribution in [1.29, 1.82) is 0 Å². The highest BCUT2D eigenvalue weighted by molar-refractivity contribution is 9.10. The molecule has 0 amide bonds. The highest BCUT2D eigenvalue weighted by Crippen LogP contribution is 2.21.